The Balaban J connectivity index is 1.74. The summed E-state index contributed by atoms with van der Waals surface area (Å²) >= 11 is 0. The number of hydrogen-bond donors (Lipinski definition) is 2. The van der Waals surface area contributed by atoms with E-state index < -0.39 is 5.60 Å². The lowest BCUT2D eigenvalue weighted by Crippen LogP contribution is -2.45. The van der Waals surface area contributed by atoms with E-state index in [-0.39, 0.29) is 11.8 Å². The van der Waals surface area contributed by atoms with E-state index >= 15 is 0 Å². The fourth-order valence-corrected chi connectivity index (χ4v) is 2.94. The summed E-state index contributed by atoms with van der Waals surface area (Å²) in [4.78, 5) is 22.9. The van der Waals surface area contributed by atoms with Crippen molar-refractivity contribution in [1.82, 2.24) is 15.3 Å². The van der Waals surface area contributed by atoms with Crippen LogP contribution in [0.4, 0.5) is 5.82 Å². The zero-order valence-electron chi connectivity index (χ0n) is 15.0. The number of anilines is 1. The van der Waals surface area contributed by atoms with Crippen LogP contribution >= 0.6 is 0 Å². The number of carbonyl (C=O) groups excluding carboxylic acids is 1. The second-order valence-electron chi connectivity index (χ2n) is 7.47. The molecule has 1 aliphatic heterocycles. The average molecular weight is 334 g/mol. The summed E-state index contributed by atoms with van der Waals surface area (Å²) < 4.78 is 0. The Bertz CT molecular complexity index is 511. The van der Waals surface area contributed by atoms with Crippen LogP contribution in [0.2, 0.25) is 0 Å². The maximum Gasteiger partial charge on any atom is 0.223 e. The van der Waals surface area contributed by atoms with Crippen molar-refractivity contribution in [2.75, 3.05) is 24.5 Å². The highest BCUT2D eigenvalue weighted by Gasteiger charge is 2.28. The van der Waals surface area contributed by atoms with Crippen molar-refractivity contribution < 1.29 is 9.90 Å². The fourth-order valence-electron chi connectivity index (χ4n) is 2.94. The number of piperidine rings is 1. The number of nitrogens with zero attached hydrogens (tertiary/aromatic N) is 3. The zero-order valence-corrected chi connectivity index (χ0v) is 15.0. The molecule has 1 aromatic rings. The molecule has 2 heterocycles. The molecule has 1 unspecified atom stereocenters. The molecule has 1 aromatic heterocycles. The molecular weight excluding hydrogens is 304 g/mol. The van der Waals surface area contributed by atoms with Gasteiger partial charge in [-0.2, -0.15) is 0 Å². The number of rotatable bonds is 7. The van der Waals surface area contributed by atoms with Gasteiger partial charge in [-0.1, -0.05) is 13.8 Å². The summed E-state index contributed by atoms with van der Waals surface area (Å²) in [6.45, 7) is 8.01. The summed E-state index contributed by atoms with van der Waals surface area (Å²) in [6.07, 6.45) is 8.37. The van der Waals surface area contributed by atoms with Gasteiger partial charge in [-0.25, -0.2) is 4.98 Å². The third-order valence-corrected chi connectivity index (χ3v) is 4.64. The molecule has 1 amide bonds. The Morgan fingerprint density at radius 3 is 2.71 bits per heavy atom. The molecule has 1 aliphatic rings. The predicted octanol–water partition coefficient (Wildman–Crippen LogP) is 2.00. The van der Waals surface area contributed by atoms with E-state index in [0.29, 0.717) is 18.9 Å². The van der Waals surface area contributed by atoms with Gasteiger partial charge in [-0.05, 0) is 38.5 Å². The predicted molar refractivity (Wildman–Crippen MR) is 94.7 cm³/mol. The second-order valence-corrected chi connectivity index (χ2v) is 7.47. The van der Waals surface area contributed by atoms with E-state index in [1.54, 1.807) is 25.5 Å². The summed E-state index contributed by atoms with van der Waals surface area (Å²) in [5.41, 5.74) is -0.833. The molecule has 1 atom stereocenters. The normalized spacial score (nSPS) is 18.5. The molecule has 1 saturated heterocycles. The van der Waals surface area contributed by atoms with Crippen LogP contribution in [-0.4, -0.2) is 46.2 Å². The fraction of sp³-hybridized carbons (Fsp3) is 0.722. The van der Waals surface area contributed by atoms with Crippen LogP contribution in [0.15, 0.2) is 18.6 Å². The van der Waals surface area contributed by atoms with E-state index in [1.165, 1.54) is 0 Å². The first kappa shape index (κ1) is 18.6. The maximum absolute atomic E-state index is 12.4. The molecule has 134 valence electrons. The van der Waals surface area contributed by atoms with Crippen molar-refractivity contribution in [1.29, 1.82) is 0 Å². The van der Waals surface area contributed by atoms with Crippen molar-refractivity contribution in [2.45, 2.75) is 52.1 Å². The van der Waals surface area contributed by atoms with Gasteiger partial charge in [0.15, 0.2) is 0 Å². The summed E-state index contributed by atoms with van der Waals surface area (Å²) in [6, 6.07) is 0. The first-order valence-corrected chi connectivity index (χ1v) is 8.88. The maximum atomic E-state index is 12.4. The van der Waals surface area contributed by atoms with Gasteiger partial charge in [0.25, 0.3) is 0 Å². The van der Waals surface area contributed by atoms with Crippen LogP contribution in [0.1, 0.15) is 46.5 Å². The molecule has 2 N–H and O–H groups in total. The first-order chi connectivity index (χ1) is 11.4. The smallest absolute Gasteiger partial charge is 0.223 e. The summed E-state index contributed by atoms with van der Waals surface area (Å²) in [5, 5.41) is 13.3. The lowest BCUT2D eigenvalue weighted by molar-refractivity contribution is -0.126. The minimum Gasteiger partial charge on any atom is -0.388 e. The number of aliphatic hydroxyl groups is 1. The van der Waals surface area contributed by atoms with Crippen molar-refractivity contribution in [3.05, 3.63) is 18.6 Å². The highest BCUT2D eigenvalue weighted by Crippen LogP contribution is 2.22. The van der Waals surface area contributed by atoms with Gasteiger partial charge in [0.2, 0.25) is 5.91 Å². The monoisotopic (exact) mass is 334 g/mol. The molecule has 0 spiro atoms. The zero-order chi connectivity index (χ0) is 17.6. The summed E-state index contributed by atoms with van der Waals surface area (Å²) in [7, 11) is 0. The van der Waals surface area contributed by atoms with Crippen LogP contribution in [0, 0.1) is 11.8 Å². The Morgan fingerprint density at radius 2 is 2.12 bits per heavy atom. The van der Waals surface area contributed by atoms with Gasteiger partial charge in [-0.15, -0.1) is 0 Å². The number of amides is 1. The van der Waals surface area contributed by atoms with Crippen LogP contribution in [0.5, 0.6) is 0 Å². The molecule has 6 nitrogen and oxygen atoms in total. The molecular formula is C18H30N4O2. The van der Waals surface area contributed by atoms with Crippen molar-refractivity contribution >= 4 is 11.7 Å². The minimum atomic E-state index is -0.833. The van der Waals surface area contributed by atoms with Gasteiger partial charge in [-0.3, -0.25) is 9.78 Å². The summed E-state index contributed by atoms with van der Waals surface area (Å²) in [5.74, 6) is 1.49. The molecule has 0 bridgehead atoms. The third kappa shape index (κ3) is 5.74. The third-order valence-electron chi connectivity index (χ3n) is 4.64. The highest BCUT2D eigenvalue weighted by molar-refractivity contribution is 5.79. The van der Waals surface area contributed by atoms with E-state index in [4.69, 9.17) is 0 Å². The quantitative estimate of drug-likeness (QED) is 0.797. The van der Waals surface area contributed by atoms with Crippen molar-refractivity contribution in [2.24, 2.45) is 11.8 Å². The van der Waals surface area contributed by atoms with Gasteiger partial charge in [0, 0.05) is 37.9 Å². The Morgan fingerprint density at radius 1 is 1.42 bits per heavy atom. The Labute approximate surface area is 144 Å². The van der Waals surface area contributed by atoms with Gasteiger partial charge >= 0.3 is 0 Å². The highest BCUT2D eigenvalue weighted by atomic mass is 16.3. The first-order valence-electron chi connectivity index (χ1n) is 8.88. The van der Waals surface area contributed by atoms with E-state index in [2.05, 4.69) is 34.0 Å². The number of hydrogen-bond acceptors (Lipinski definition) is 5. The Kier molecular flexibility index (Phi) is 6.54. The molecule has 0 saturated carbocycles. The lowest BCUT2D eigenvalue weighted by Gasteiger charge is -2.32. The van der Waals surface area contributed by atoms with E-state index in [1.807, 2.05) is 0 Å². The molecule has 0 aromatic carbocycles. The van der Waals surface area contributed by atoms with Crippen LogP contribution in [-0.2, 0) is 4.79 Å². The number of carbonyl (C=O) groups is 1. The average Bonchev–Trinajstić information content (AvgIpc) is 2.59. The largest absolute Gasteiger partial charge is 0.388 e. The minimum absolute atomic E-state index is 0.0128. The molecule has 1 fully saturated rings. The SMILES string of the molecule is CC(C)CCC(C)(O)CNC(=O)C1CCN(c2cnccn2)CC1. The van der Waals surface area contributed by atoms with Crippen molar-refractivity contribution in [3.63, 3.8) is 0 Å². The number of aromatic nitrogens is 2. The van der Waals surface area contributed by atoms with Gasteiger partial charge in [0.05, 0.1) is 11.8 Å². The van der Waals surface area contributed by atoms with Crippen molar-refractivity contribution in [3.8, 4) is 0 Å². The van der Waals surface area contributed by atoms with Crippen LogP contribution < -0.4 is 10.2 Å². The van der Waals surface area contributed by atoms with Gasteiger partial charge < -0.3 is 15.3 Å². The number of nitrogens with one attached hydrogen (secondary N) is 1. The molecule has 0 radical (unpaired) electrons. The van der Waals surface area contributed by atoms with E-state index in [9.17, 15) is 9.90 Å². The van der Waals surface area contributed by atoms with E-state index in [0.717, 1.165) is 38.2 Å². The standard InChI is InChI=1S/C18H30N4O2/c1-14(2)4-7-18(3,24)13-21-17(23)15-5-10-22(11-6-15)16-12-19-8-9-20-16/h8-9,12,14-15,24H,4-7,10-11,13H2,1-3H3,(H,21,23). The second kappa shape index (κ2) is 8.42. The topological polar surface area (TPSA) is 78.4 Å². The van der Waals surface area contributed by atoms with Gasteiger partial charge in [0.1, 0.15) is 5.82 Å². The molecule has 0 aliphatic carbocycles. The molecule has 6 heteroatoms. The Hall–Kier alpha value is -1.69. The lowest BCUT2D eigenvalue weighted by atomic mass is 9.93. The van der Waals surface area contributed by atoms with Crippen LogP contribution in [0.25, 0.3) is 0 Å². The van der Waals surface area contributed by atoms with Crippen LogP contribution in [0.3, 0.4) is 0 Å². The molecule has 24 heavy (non-hydrogen) atoms. The molecule has 2 rings (SSSR count).